The van der Waals surface area contributed by atoms with Gasteiger partial charge in [-0.05, 0) is 50.4 Å². The van der Waals surface area contributed by atoms with Crippen LogP contribution in [0.5, 0.6) is 0 Å². The average Bonchev–Trinajstić information content (AvgIpc) is 2.94. The molecule has 1 saturated carbocycles. The molecule has 0 unspecified atom stereocenters. The van der Waals surface area contributed by atoms with E-state index in [9.17, 15) is 13.5 Å². The van der Waals surface area contributed by atoms with Gasteiger partial charge in [0.15, 0.2) is 0 Å². The van der Waals surface area contributed by atoms with Crippen LogP contribution in [0.4, 0.5) is 0 Å². The molecule has 1 heterocycles. The van der Waals surface area contributed by atoms with E-state index >= 15 is 0 Å². The Labute approximate surface area is 143 Å². The van der Waals surface area contributed by atoms with Gasteiger partial charge in [0.05, 0.1) is 16.6 Å². The van der Waals surface area contributed by atoms with Gasteiger partial charge >= 0.3 is 0 Å². The quantitative estimate of drug-likeness (QED) is 0.828. The molecule has 134 valence electrons. The van der Waals surface area contributed by atoms with Crippen molar-refractivity contribution in [1.29, 1.82) is 0 Å². The standard InChI is InChI=1S/C17H26N2O4S/c1-18-24(21,22)15-5-3-13(4-6-15)12-19-10-9-17(23-2)8-7-14(20)11-16(17)19/h3-6,14,16,18,20H,7-12H2,1-2H3/t14-,16-,17+/m0/s1. The zero-order valence-electron chi connectivity index (χ0n) is 14.2. The van der Waals surface area contributed by atoms with Gasteiger partial charge in [-0.1, -0.05) is 12.1 Å². The number of nitrogens with zero attached hydrogens (tertiary/aromatic N) is 1. The Kier molecular flexibility index (Phi) is 4.99. The number of benzene rings is 1. The maximum Gasteiger partial charge on any atom is 0.240 e. The van der Waals surface area contributed by atoms with E-state index in [-0.39, 0.29) is 22.6 Å². The summed E-state index contributed by atoms with van der Waals surface area (Å²) in [6.45, 7) is 1.67. The van der Waals surface area contributed by atoms with Crippen molar-refractivity contribution in [3.63, 3.8) is 0 Å². The molecular formula is C17H26N2O4S. The van der Waals surface area contributed by atoms with Crippen LogP contribution in [0.15, 0.2) is 29.2 Å². The van der Waals surface area contributed by atoms with Gasteiger partial charge in [0, 0.05) is 26.2 Å². The van der Waals surface area contributed by atoms with Crippen molar-refractivity contribution in [2.75, 3.05) is 20.7 Å². The Morgan fingerprint density at radius 3 is 2.67 bits per heavy atom. The zero-order chi connectivity index (χ0) is 17.4. The molecule has 1 aliphatic heterocycles. The Hall–Kier alpha value is -0.990. The van der Waals surface area contributed by atoms with Gasteiger partial charge < -0.3 is 9.84 Å². The van der Waals surface area contributed by atoms with E-state index in [2.05, 4.69) is 9.62 Å². The normalized spacial score (nSPS) is 31.1. The lowest BCUT2D eigenvalue weighted by Crippen LogP contribution is -2.51. The molecule has 0 amide bonds. The fraction of sp³-hybridized carbons (Fsp3) is 0.647. The van der Waals surface area contributed by atoms with Gasteiger partial charge in [-0.3, -0.25) is 4.90 Å². The summed E-state index contributed by atoms with van der Waals surface area (Å²) in [5.74, 6) is 0. The second-order valence-corrected chi connectivity index (χ2v) is 8.67. The Balaban J connectivity index is 1.74. The number of ether oxygens (including phenoxy) is 1. The first-order valence-electron chi connectivity index (χ1n) is 8.40. The van der Waals surface area contributed by atoms with Gasteiger partial charge in [0.25, 0.3) is 0 Å². The molecule has 1 aromatic rings. The summed E-state index contributed by atoms with van der Waals surface area (Å²) in [5, 5.41) is 10.0. The number of sulfonamides is 1. The van der Waals surface area contributed by atoms with Crippen LogP contribution in [0, 0.1) is 0 Å². The minimum Gasteiger partial charge on any atom is -0.393 e. The van der Waals surface area contributed by atoms with E-state index in [1.807, 2.05) is 12.1 Å². The van der Waals surface area contributed by atoms with E-state index in [1.165, 1.54) is 7.05 Å². The third kappa shape index (κ3) is 3.23. The van der Waals surface area contributed by atoms with Crippen LogP contribution in [0.25, 0.3) is 0 Å². The molecule has 2 N–H and O–H groups in total. The first-order chi connectivity index (χ1) is 11.4. The number of likely N-dealkylation sites (tertiary alicyclic amines) is 1. The highest BCUT2D eigenvalue weighted by Crippen LogP contribution is 2.42. The van der Waals surface area contributed by atoms with Crippen molar-refractivity contribution in [1.82, 2.24) is 9.62 Å². The Bertz CT molecular complexity index is 676. The van der Waals surface area contributed by atoms with Crippen molar-refractivity contribution in [2.45, 2.75) is 54.9 Å². The molecule has 7 heteroatoms. The van der Waals surface area contributed by atoms with Gasteiger partial charge in [0.1, 0.15) is 0 Å². The summed E-state index contributed by atoms with van der Waals surface area (Å²) >= 11 is 0. The second kappa shape index (κ2) is 6.72. The molecule has 1 aliphatic carbocycles. The van der Waals surface area contributed by atoms with Crippen molar-refractivity contribution in [3.05, 3.63) is 29.8 Å². The number of fused-ring (bicyclic) bond motifs is 1. The second-order valence-electron chi connectivity index (χ2n) is 6.78. The van der Waals surface area contributed by atoms with Crippen LogP contribution in [-0.4, -0.2) is 56.9 Å². The van der Waals surface area contributed by atoms with E-state index in [0.29, 0.717) is 0 Å². The first-order valence-corrected chi connectivity index (χ1v) is 9.88. The number of methoxy groups -OCH3 is 1. The summed E-state index contributed by atoms with van der Waals surface area (Å²) in [6, 6.07) is 7.20. The molecule has 2 aliphatic rings. The molecular weight excluding hydrogens is 328 g/mol. The number of hydrogen-bond acceptors (Lipinski definition) is 5. The molecule has 0 spiro atoms. The lowest BCUT2D eigenvalue weighted by molar-refractivity contribution is -0.0879. The molecule has 1 aromatic carbocycles. The number of aliphatic hydroxyl groups is 1. The minimum atomic E-state index is -3.40. The summed E-state index contributed by atoms with van der Waals surface area (Å²) in [5.41, 5.74) is 0.922. The highest BCUT2D eigenvalue weighted by Gasteiger charge is 2.50. The van der Waals surface area contributed by atoms with Crippen LogP contribution < -0.4 is 4.72 Å². The average molecular weight is 354 g/mol. The molecule has 24 heavy (non-hydrogen) atoms. The molecule has 0 aromatic heterocycles. The predicted octanol–water partition coefficient (Wildman–Crippen LogP) is 1.10. The molecule has 6 nitrogen and oxygen atoms in total. The van der Waals surface area contributed by atoms with Gasteiger partial charge in [0.2, 0.25) is 10.0 Å². The summed E-state index contributed by atoms with van der Waals surface area (Å²) < 4.78 is 31.8. The summed E-state index contributed by atoms with van der Waals surface area (Å²) in [4.78, 5) is 2.63. The molecule has 0 bridgehead atoms. The highest BCUT2D eigenvalue weighted by molar-refractivity contribution is 7.89. The smallest absolute Gasteiger partial charge is 0.240 e. The van der Waals surface area contributed by atoms with Crippen molar-refractivity contribution in [2.24, 2.45) is 0 Å². The van der Waals surface area contributed by atoms with E-state index in [1.54, 1.807) is 19.2 Å². The van der Waals surface area contributed by atoms with Crippen molar-refractivity contribution in [3.8, 4) is 0 Å². The van der Waals surface area contributed by atoms with E-state index in [4.69, 9.17) is 4.74 Å². The third-order valence-corrected chi connectivity index (χ3v) is 6.99. The fourth-order valence-electron chi connectivity index (χ4n) is 4.09. The molecule has 2 fully saturated rings. The summed E-state index contributed by atoms with van der Waals surface area (Å²) in [7, 11) is -0.221. The van der Waals surface area contributed by atoms with E-state index in [0.717, 1.165) is 44.3 Å². The maximum absolute atomic E-state index is 11.8. The first kappa shape index (κ1) is 17.8. The fourth-order valence-corrected chi connectivity index (χ4v) is 4.82. The van der Waals surface area contributed by atoms with Gasteiger partial charge in [-0.15, -0.1) is 0 Å². The monoisotopic (exact) mass is 354 g/mol. The lowest BCUT2D eigenvalue weighted by atomic mass is 9.79. The van der Waals surface area contributed by atoms with Crippen LogP contribution in [0.2, 0.25) is 0 Å². The van der Waals surface area contributed by atoms with Crippen LogP contribution in [0.1, 0.15) is 31.2 Å². The zero-order valence-corrected chi connectivity index (χ0v) is 15.1. The largest absolute Gasteiger partial charge is 0.393 e. The molecule has 3 rings (SSSR count). The molecule has 1 saturated heterocycles. The molecule has 0 radical (unpaired) electrons. The van der Waals surface area contributed by atoms with Crippen LogP contribution in [-0.2, 0) is 21.3 Å². The Morgan fingerprint density at radius 2 is 2.04 bits per heavy atom. The minimum absolute atomic E-state index is 0.144. The van der Waals surface area contributed by atoms with Crippen LogP contribution >= 0.6 is 0 Å². The number of rotatable bonds is 5. The highest BCUT2D eigenvalue weighted by atomic mass is 32.2. The summed E-state index contributed by atoms with van der Waals surface area (Å²) in [6.07, 6.45) is 3.15. The topological polar surface area (TPSA) is 78.9 Å². The SMILES string of the molecule is CNS(=O)(=O)c1ccc(CN2CC[C@]3(OC)CC[C@H](O)C[C@H]23)cc1. The number of hydrogen-bond donors (Lipinski definition) is 2. The van der Waals surface area contributed by atoms with Gasteiger partial charge in [-0.2, -0.15) is 0 Å². The van der Waals surface area contributed by atoms with Crippen molar-refractivity contribution < 1.29 is 18.3 Å². The lowest BCUT2D eigenvalue weighted by Gasteiger charge is -2.42. The molecule has 3 atom stereocenters. The number of aliphatic hydroxyl groups excluding tert-OH is 1. The maximum atomic E-state index is 11.8. The van der Waals surface area contributed by atoms with E-state index < -0.39 is 10.0 Å². The predicted molar refractivity (Wildman–Crippen MR) is 91.1 cm³/mol. The van der Waals surface area contributed by atoms with Crippen LogP contribution in [0.3, 0.4) is 0 Å². The Morgan fingerprint density at radius 1 is 1.33 bits per heavy atom. The van der Waals surface area contributed by atoms with Gasteiger partial charge in [-0.25, -0.2) is 13.1 Å². The van der Waals surface area contributed by atoms with Crippen molar-refractivity contribution >= 4 is 10.0 Å². The third-order valence-electron chi connectivity index (χ3n) is 5.56. The number of nitrogens with one attached hydrogen (secondary N) is 1.